The molecule has 3 amide bonds. The molecular weight excluding hydrogens is 298 g/mol. The van der Waals surface area contributed by atoms with E-state index in [0.29, 0.717) is 5.57 Å². The zero-order valence-electron chi connectivity index (χ0n) is 13.0. The van der Waals surface area contributed by atoms with Gasteiger partial charge >= 0.3 is 6.09 Å². The Morgan fingerprint density at radius 2 is 1.91 bits per heavy atom. The molecule has 0 aliphatic heterocycles. The Morgan fingerprint density at radius 1 is 1.26 bits per heavy atom. The minimum Gasteiger partial charge on any atom is -0.445 e. The number of benzene rings is 1. The Hall–Kier alpha value is -2.83. The van der Waals surface area contributed by atoms with Gasteiger partial charge in [0.15, 0.2) is 0 Å². The lowest BCUT2D eigenvalue weighted by Crippen LogP contribution is -2.48. The first kappa shape index (κ1) is 18.2. The van der Waals surface area contributed by atoms with Gasteiger partial charge in [-0.05, 0) is 18.9 Å². The average molecular weight is 319 g/mol. The van der Waals surface area contributed by atoms with Gasteiger partial charge in [-0.3, -0.25) is 9.59 Å². The van der Waals surface area contributed by atoms with Gasteiger partial charge in [-0.2, -0.15) is 0 Å². The van der Waals surface area contributed by atoms with Gasteiger partial charge in [0.25, 0.3) is 0 Å². The number of nitrogens with two attached hydrogens (primary N) is 1. The van der Waals surface area contributed by atoms with Crippen molar-refractivity contribution in [1.29, 1.82) is 0 Å². The molecule has 124 valence electrons. The van der Waals surface area contributed by atoms with Crippen molar-refractivity contribution in [3.63, 3.8) is 0 Å². The minimum absolute atomic E-state index is 0.105. The number of carbonyl (C=O) groups is 3. The van der Waals surface area contributed by atoms with Crippen LogP contribution in [0.4, 0.5) is 4.79 Å². The zero-order valence-corrected chi connectivity index (χ0v) is 13.0. The smallest absolute Gasteiger partial charge is 0.407 e. The van der Waals surface area contributed by atoms with E-state index in [4.69, 9.17) is 10.5 Å². The van der Waals surface area contributed by atoms with E-state index in [1.165, 1.54) is 0 Å². The summed E-state index contributed by atoms with van der Waals surface area (Å²) in [4.78, 5) is 34.4. The van der Waals surface area contributed by atoms with Crippen LogP contribution in [0.3, 0.4) is 0 Å². The third-order valence-electron chi connectivity index (χ3n) is 2.84. The van der Waals surface area contributed by atoms with Gasteiger partial charge in [-0.25, -0.2) is 4.79 Å². The molecule has 1 aromatic rings. The molecule has 7 heteroatoms. The first-order valence-corrected chi connectivity index (χ1v) is 7.06. The van der Waals surface area contributed by atoms with Crippen molar-refractivity contribution in [2.24, 2.45) is 5.73 Å². The predicted molar refractivity (Wildman–Crippen MR) is 85.2 cm³/mol. The standard InChI is InChI=1S/C16H21N3O4/c1-11(2)8-13(15(17)21)19-14(20)9-18-16(22)23-10-12-6-4-3-5-7-12/h3-7,13H,1,8-10H2,2H3,(H2,17,21)(H,18,22)(H,19,20)/t13-/m0/s1. The van der Waals surface area contributed by atoms with E-state index >= 15 is 0 Å². The van der Waals surface area contributed by atoms with Gasteiger partial charge < -0.3 is 21.1 Å². The number of rotatable bonds is 8. The first-order chi connectivity index (χ1) is 10.9. The molecule has 0 unspecified atom stereocenters. The summed E-state index contributed by atoms with van der Waals surface area (Å²) in [7, 11) is 0. The molecule has 0 fully saturated rings. The SMILES string of the molecule is C=C(C)C[C@H](NC(=O)CNC(=O)OCc1ccccc1)C(N)=O. The van der Waals surface area contributed by atoms with Crippen LogP contribution < -0.4 is 16.4 Å². The van der Waals surface area contributed by atoms with Crippen LogP contribution in [0.15, 0.2) is 42.5 Å². The van der Waals surface area contributed by atoms with Crippen LogP contribution in [0.1, 0.15) is 18.9 Å². The van der Waals surface area contributed by atoms with Gasteiger partial charge in [0.1, 0.15) is 19.2 Å². The zero-order chi connectivity index (χ0) is 17.2. The molecule has 7 nitrogen and oxygen atoms in total. The Bertz CT molecular complexity index is 572. The molecule has 1 rings (SSSR count). The average Bonchev–Trinajstić information content (AvgIpc) is 2.50. The monoisotopic (exact) mass is 319 g/mol. The van der Waals surface area contributed by atoms with Gasteiger partial charge in [0.2, 0.25) is 11.8 Å². The van der Waals surface area contributed by atoms with Crippen LogP contribution in [0.2, 0.25) is 0 Å². The molecule has 1 aromatic carbocycles. The second-order valence-electron chi connectivity index (χ2n) is 5.10. The fourth-order valence-electron chi connectivity index (χ4n) is 1.74. The number of ether oxygens (including phenoxy) is 1. The minimum atomic E-state index is -0.845. The number of amides is 3. The summed E-state index contributed by atoms with van der Waals surface area (Å²) in [6.45, 7) is 5.18. The lowest BCUT2D eigenvalue weighted by Gasteiger charge is -2.15. The van der Waals surface area contributed by atoms with Crippen molar-refractivity contribution < 1.29 is 19.1 Å². The highest BCUT2D eigenvalue weighted by atomic mass is 16.5. The molecule has 0 radical (unpaired) electrons. The Balaban J connectivity index is 2.32. The fraction of sp³-hybridized carbons (Fsp3) is 0.312. The number of alkyl carbamates (subject to hydrolysis) is 1. The highest BCUT2D eigenvalue weighted by Crippen LogP contribution is 2.02. The molecule has 0 heterocycles. The summed E-state index contributed by atoms with van der Waals surface area (Å²) in [5, 5.41) is 4.73. The van der Waals surface area contributed by atoms with Crippen LogP contribution in [0.5, 0.6) is 0 Å². The van der Waals surface area contributed by atoms with E-state index < -0.39 is 23.9 Å². The van der Waals surface area contributed by atoms with Crippen molar-refractivity contribution in [3.05, 3.63) is 48.0 Å². The van der Waals surface area contributed by atoms with Crippen LogP contribution in [-0.2, 0) is 20.9 Å². The Kier molecular flexibility index (Phi) is 7.32. The van der Waals surface area contributed by atoms with Crippen molar-refractivity contribution in [2.75, 3.05) is 6.54 Å². The van der Waals surface area contributed by atoms with E-state index in [-0.39, 0.29) is 19.6 Å². The summed E-state index contributed by atoms with van der Waals surface area (Å²) in [5.41, 5.74) is 6.74. The van der Waals surface area contributed by atoms with Crippen LogP contribution >= 0.6 is 0 Å². The molecule has 23 heavy (non-hydrogen) atoms. The maximum absolute atomic E-state index is 11.7. The van der Waals surface area contributed by atoms with Crippen LogP contribution in [0, 0.1) is 0 Å². The maximum Gasteiger partial charge on any atom is 0.407 e. The molecule has 0 aromatic heterocycles. The van der Waals surface area contributed by atoms with E-state index in [1.807, 2.05) is 30.3 Å². The summed E-state index contributed by atoms with van der Waals surface area (Å²) < 4.78 is 4.96. The molecule has 0 bridgehead atoms. The molecule has 0 saturated carbocycles. The number of carbonyl (C=O) groups excluding carboxylic acids is 3. The normalized spacial score (nSPS) is 11.2. The third kappa shape index (κ3) is 7.66. The third-order valence-corrected chi connectivity index (χ3v) is 2.84. The molecule has 0 aliphatic carbocycles. The quantitative estimate of drug-likeness (QED) is 0.617. The van der Waals surface area contributed by atoms with Crippen LogP contribution in [-0.4, -0.2) is 30.5 Å². The molecule has 1 atom stereocenters. The van der Waals surface area contributed by atoms with Gasteiger partial charge in [0, 0.05) is 0 Å². The Morgan fingerprint density at radius 3 is 2.48 bits per heavy atom. The molecular formula is C16H21N3O4. The number of nitrogens with one attached hydrogen (secondary N) is 2. The van der Waals surface area contributed by atoms with Gasteiger partial charge in [0.05, 0.1) is 0 Å². The fourth-order valence-corrected chi connectivity index (χ4v) is 1.74. The number of hydrogen-bond donors (Lipinski definition) is 3. The van der Waals surface area contributed by atoms with Gasteiger partial charge in [-0.15, -0.1) is 6.58 Å². The topological polar surface area (TPSA) is 111 Å². The van der Waals surface area contributed by atoms with E-state index in [2.05, 4.69) is 17.2 Å². The largest absolute Gasteiger partial charge is 0.445 e. The summed E-state index contributed by atoms with van der Waals surface area (Å²) in [6, 6.07) is 8.30. The van der Waals surface area contributed by atoms with Crippen LogP contribution in [0.25, 0.3) is 0 Å². The first-order valence-electron chi connectivity index (χ1n) is 7.06. The molecule has 4 N–H and O–H groups in total. The van der Waals surface area contributed by atoms with Crippen molar-refractivity contribution in [3.8, 4) is 0 Å². The molecule has 0 aliphatic rings. The molecule has 0 spiro atoms. The predicted octanol–water partition coefficient (Wildman–Crippen LogP) is 0.849. The Labute approximate surface area is 134 Å². The van der Waals surface area contributed by atoms with E-state index in [9.17, 15) is 14.4 Å². The lowest BCUT2D eigenvalue weighted by atomic mass is 10.1. The van der Waals surface area contributed by atoms with E-state index in [1.54, 1.807) is 6.92 Å². The second-order valence-corrected chi connectivity index (χ2v) is 5.10. The summed E-state index contributed by atoms with van der Waals surface area (Å²) in [6.07, 6.45) is -0.473. The summed E-state index contributed by atoms with van der Waals surface area (Å²) >= 11 is 0. The summed E-state index contributed by atoms with van der Waals surface area (Å²) in [5.74, 6) is -1.19. The number of hydrogen-bond acceptors (Lipinski definition) is 4. The van der Waals surface area contributed by atoms with Crippen molar-refractivity contribution >= 4 is 17.9 Å². The molecule has 0 saturated heterocycles. The second kappa shape index (κ2) is 9.24. The number of primary amides is 1. The highest BCUT2D eigenvalue weighted by molar-refractivity contribution is 5.88. The van der Waals surface area contributed by atoms with E-state index in [0.717, 1.165) is 5.56 Å². The maximum atomic E-state index is 11.7. The van der Waals surface area contributed by atoms with Gasteiger partial charge in [-0.1, -0.05) is 35.9 Å². The lowest BCUT2D eigenvalue weighted by molar-refractivity contribution is -0.126. The van der Waals surface area contributed by atoms with Crippen molar-refractivity contribution in [2.45, 2.75) is 26.0 Å². The van der Waals surface area contributed by atoms with Crippen molar-refractivity contribution in [1.82, 2.24) is 10.6 Å². The highest BCUT2D eigenvalue weighted by Gasteiger charge is 2.18.